The van der Waals surface area contributed by atoms with Gasteiger partial charge in [0, 0.05) is 24.5 Å². The van der Waals surface area contributed by atoms with Crippen LogP contribution < -0.4 is 9.80 Å². The minimum Gasteiger partial charge on any atom is -0.394 e. The monoisotopic (exact) mass is 599 g/mol. The van der Waals surface area contributed by atoms with E-state index in [2.05, 4.69) is 13.2 Å². The zero-order valence-corrected chi connectivity index (χ0v) is 26.3. The molecule has 3 aliphatic rings. The third-order valence-electron chi connectivity index (χ3n) is 9.54. The average Bonchev–Trinajstić information content (AvgIpc) is 3.65. The summed E-state index contributed by atoms with van der Waals surface area (Å²) >= 11 is 0. The SMILES string of the molecule is C=CCN(C(=O)[C@@H]1[C@H]2C(=O)N([C@@H](CO)CC(C)C)C(C(=O)N(CC=C)c3c(C)cccc3C)C23CC[C@H]1O3)c1ccccc1. The summed E-state index contributed by atoms with van der Waals surface area (Å²) in [7, 11) is 0. The first kappa shape index (κ1) is 31.7. The van der Waals surface area contributed by atoms with Crippen molar-refractivity contribution in [3.8, 4) is 0 Å². The number of benzene rings is 2. The van der Waals surface area contributed by atoms with Crippen molar-refractivity contribution in [3.63, 3.8) is 0 Å². The van der Waals surface area contributed by atoms with Gasteiger partial charge in [-0.3, -0.25) is 14.4 Å². The number of likely N-dealkylation sites (tertiary alicyclic amines) is 1. The van der Waals surface area contributed by atoms with Gasteiger partial charge in [-0.15, -0.1) is 13.2 Å². The number of ether oxygens (including phenoxy) is 1. The third kappa shape index (κ3) is 5.18. The van der Waals surface area contributed by atoms with Crippen LogP contribution in [-0.4, -0.2) is 71.2 Å². The summed E-state index contributed by atoms with van der Waals surface area (Å²) in [6.07, 6.45) is 4.42. The molecule has 0 radical (unpaired) electrons. The van der Waals surface area contributed by atoms with Crippen LogP contribution in [-0.2, 0) is 19.1 Å². The van der Waals surface area contributed by atoms with E-state index < -0.39 is 35.6 Å². The molecule has 1 N–H and O–H groups in total. The van der Waals surface area contributed by atoms with E-state index in [1.54, 1.807) is 26.9 Å². The Morgan fingerprint density at radius 3 is 2.25 bits per heavy atom. The summed E-state index contributed by atoms with van der Waals surface area (Å²) in [6.45, 7) is 16.0. The first-order valence-corrected chi connectivity index (χ1v) is 15.7. The number of aryl methyl sites for hydroxylation is 2. The number of aliphatic hydroxyl groups excluding tert-OH is 1. The smallest absolute Gasteiger partial charge is 0.253 e. The van der Waals surface area contributed by atoms with Crippen LogP contribution in [0.25, 0.3) is 0 Å². The van der Waals surface area contributed by atoms with Crippen molar-refractivity contribution in [1.29, 1.82) is 0 Å². The lowest BCUT2D eigenvalue weighted by Crippen LogP contribution is -2.59. The first-order chi connectivity index (χ1) is 21.1. The molecule has 2 aromatic rings. The average molecular weight is 600 g/mol. The highest BCUT2D eigenvalue weighted by molar-refractivity contribution is 6.07. The van der Waals surface area contributed by atoms with Gasteiger partial charge in [-0.05, 0) is 62.3 Å². The Hall–Kier alpha value is -3.75. The first-order valence-electron chi connectivity index (χ1n) is 15.7. The Labute approximate surface area is 261 Å². The van der Waals surface area contributed by atoms with Crippen LogP contribution in [0.4, 0.5) is 11.4 Å². The van der Waals surface area contributed by atoms with Crippen molar-refractivity contribution >= 4 is 29.1 Å². The lowest BCUT2D eigenvalue weighted by Gasteiger charge is -2.40. The Balaban J connectivity index is 1.63. The number of hydrogen-bond acceptors (Lipinski definition) is 5. The molecule has 3 aliphatic heterocycles. The molecule has 5 rings (SSSR count). The molecule has 3 heterocycles. The van der Waals surface area contributed by atoms with Gasteiger partial charge in [0.25, 0.3) is 5.91 Å². The predicted molar refractivity (Wildman–Crippen MR) is 172 cm³/mol. The van der Waals surface area contributed by atoms with Crippen LogP contribution in [0.15, 0.2) is 73.8 Å². The number of aliphatic hydroxyl groups is 1. The standard InChI is InChI=1S/C36H45N3O5/c1-7-19-37(26-15-10-9-11-16-26)33(41)29-28-17-18-36(44-28)30(29)34(42)39(27(22-40)21-23(3)4)32(36)35(43)38(20-8-2)31-24(5)13-12-14-25(31)6/h7-16,23,27-30,32,40H,1-2,17-22H2,3-6H3/t27-,28-,29+,30+,32?,36?/m1/s1. The minimum atomic E-state index is -1.18. The molecule has 8 nitrogen and oxygen atoms in total. The Kier molecular flexibility index (Phi) is 9.14. The zero-order valence-electron chi connectivity index (χ0n) is 26.3. The lowest BCUT2D eigenvalue weighted by atomic mass is 9.70. The van der Waals surface area contributed by atoms with Gasteiger partial charge < -0.3 is 24.5 Å². The highest BCUT2D eigenvalue weighted by Crippen LogP contribution is 2.59. The maximum atomic E-state index is 15.0. The quantitative estimate of drug-likeness (QED) is 0.353. The molecule has 6 atom stereocenters. The number of para-hydroxylation sites is 2. The van der Waals surface area contributed by atoms with Gasteiger partial charge >= 0.3 is 0 Å². The maximum Gasteiger partial charge on any atom is 0.253 e. The minimum absolute atomic E-state index is 0.160. The second-order valence-corrected chi connectivity index (χ2v) is 12.8. The van der Waals surface area contributed by atoms with Gasteiger partial charge in [-0.25, -0.2) is 0 Å². The molecule has 44 heavy (non-hydrogen) atoms. The maximum absolute atomic E-state index is 15.0. The topological polar surface area (TPSA) is 90.4 Å². The van der Waals surface area contributed by atoms with Crippen molar-refractivity contribution in [1.82, 2.24) is 4.90 Å². The van der Waals surface area contributed by atoms with Gasteiger partial charge in [-0.1, -0.05) is 62.4 Å². The van der Waals surface area contributed by atoms with Crippen molar-refractivity contribution in [2.24, 2.45) is 17.8 Å². The van der Waals surface area contributed by atoms with Crippen LogP contribution >= 0.6 is 0 Å². The van der Waals surface area contributed by atoms with E-state index in [1.807, 2.05) is 76.2 Å². The lowest BCUT2D eigenvalue weighted by molar-refractivity contribution is -0.144. The molecule has 2 aromatic carbocycles. The van der Waals surface area contributed by atoms with Crippen LogP contribution in [0.5, 0.6) is 0 Å². The second kappa shape index (κ2) is 12.7. The van der Waals surface area contributed by atoms with E-state index in [4.69, 9.17) is 4.74 Å². The molecule has 2 unspecified atom stereocenters. The number of nitrogens with zero attached hydrogens (tertiary/aromatic N) is 3. The highest BCUT2D eigenvalue weighted by atomic mass is 16.5. The molecule has 3 saturated heterocycles. The third-order valence-corrected chi connectivity index (χ3v) is 9.54. The zero-order chi connectivity index (χ0) is 31.8. The number of carbonyl (C=O) groups is 3. The Morgan fingerprint density at radius 1 is 1.02 bits per heavy atom. The van der Waals surface area contributed by atoms with Crippen LogP contribution in [0.1, 0.15) is 44.2 Å². The number of rotatable bonds is 12. The summed E-state index contributed by atoms with van der Waals surface area (Å²) < 4.78 is 6.75. The predicted octanol–water partition coefficient (Wildman–Crippen LogP) is 4.82. The Morgan fingerprint density at radius 2 is 1.66 bits per heavy atom. The second-order valence-electron chi connectivity index (χ2n) is 12.8. The fraction of sp³-hybridized carbons (Fsp3) is 0.472. The molecule has 0 aliphatic carbocycles. The summed E-state index contributed by atoms with van der Waals surface area (Å²) in [5.41, 5.74) is 2.16. The molecule has 1 spiro atoms. The molecule has 0 saturated carbocycles. The molecule has 3 fully saturated rings. The van der Waals surface area contributed by atoms with E-state index in [-0.39, 0.29) is 43.3 Å². The fourth-order valence-corrected chi connectivity index (χ4v) is 7.90. The molecule has 0 aromatic heterocycles. The molecule has 2 bridgehead atoms. The van der Waals surface area contributed by atoms with Crippen molar-refractivity contribution < 1.29 is 24.2 Å². The van der Waals surface area contributed by atoms with Gasteiger partial charge in [0.05, 0.1) is 30.6 Å². The normalized spacial score (nSPS) is 26.0. The van der Waals surface area contributed by atoms with Crippen LogP contribution in [0.2, 0.25) is 0 Å². The summed E-state index contributed by atoms with van der Waals surface area (Å²) in [5.74, 6) is -2.23. The number of fused-ring (bicyclic) bond motifs is 1. The van der Waals surface area contributed by atoms with Gasteiger partial charge in [0.1, 0.15) is 11.6 Å². The van der Waals surface area contributed by atoms with Gasteiger partial charge in [-0.2, -0.15) is 0 Å². The van der Waals surface area contributed by atoms with Crippen molar-refractivity contribution in [2.45, 2.75) is 70.7 Å². The number of anilines is 2. The summed E-state index contributed by atoms with van der Waals surface area (Å²) in [5, 5.41) is 10.7. The Bertz CT molecular complexity index is 1400. The summed E-state index contributed by atoms with van der Waals surface area (Å²) in [6, 6.07) is 13.6. The molecule has 3 amide bonds. The van der Waals surface area contributed by atoms with E-state index in [0.717, 1.165) is 16.8 Å². The molecule has 8 heteroatoms. The number of carbonyl (C=O) groups excluding carboxylic acids is 3. The van der Waals surface area contributed by atoms with Gasteiger partial charge in [0.2, 0.25) is 11.8 Å². The molecular formula is C36H45N3O5. The van der Waals surface area contributed by atoms with Crippen LogP contribution in [0, 0.1) is 31.6 Å². The van der Waals surface area contributed by atoms with Crippen molar-refractivity contribution in [3.05, 3.63) is 85.0 Å². The summed E-state index contributed by atoms with van der Waals surface area (Å²) in [4.78, 5) is 49.0. The number of amides is 3. The van der Waals surface area contributed by atoms with E-state index in [1.165, 1.54) is 0 Å². The van der Waals surface area contributed by atoms with E-state index in [9.17, 15) is 19.5 Å². The van der Waals surface area contributed by atoms with Gasteiger partial charge in [0.15, 0.2) is 0 Å². The largest absolute Gasteiger partial charge is 0.394 e. The van der Waals surface area contributed by atoms with E-state index >= 15 is 0 Å². The molecular weight excluding hydrogens is 554 g/mol. The number of hydrogen-bond donors (Lipinski definition) is 1. The van der Waals surface area contributed by atoms with E-state index in [0.29, 0.717) is 24.9 Å². The van der Waals surface area contributed by atoms with Crippen molar-refractivity contribution in [2.75, 3.05) is 29.5 Å². The molecule has 234 valence electrons. The highest BCUT2D eigenvalue weighted by Gasteiger charge is 2.75. The van der Waals surface area contributed by atoms with Crippen LogP contribution in [0.3, 0.4) is 0 Å². The fourth-order valence-electron chi connectivity index (χ4n) is 7.90.